The molecule has 2 N–H and O–H groups in total. The van der Waals surface area contributed by atoms with Gasteiger partial charge in [0.05, 0.1) is 6.61 Å². The summed E-state index contributed by atoms with van der Waals surface area (Å²) in [7, 11) is 1.90. The largest absolute Gasteiger partial charge is 0.394 e. The zero-order chi connectivity index (χ0) is 12.4. The molecule has 1 unspecified atom stereocenters. The van der Waals surface area contributed by atoms with Gasteiger partial charge in [0.25, 0.3) is 0 Å². The zero-order valence-electron chi connectivity index (χ0n) is 11.4. The first kappa shape index (κ1) is 15.9. The molecule has 16 heavy (non-hydrogen) atoms. The van der Waals surface area contributed by atoms with E-state index in [1.54, 1.807) is 0 Å². The lowest BCUT2D eigenvalue weighted by molar-refractivity contribution is 0.114. The first-order valence-electron chi connectivity index (χ1n) is 6.41. The van der Waals surface area contributed by atoms with E-state index in [4.69, 9.17) is 4.74 Å². The van der Waals surface area contributed by atoms with Gasteiger partial charge < -0.3 is 15.2 Å². The molecule has 0 spiro atoms. The molecule has 0 saturated carbocycles. The van der Waals surface area contributed by atoms with Crippen molar-refractivity contribution >= 4 is 0 Å². The topological polar surface area (TPSA) is 41.5 Å². The average Bonchev–Trinajstić information content (AvgIpc) is 2.27. The van der Waals surface area contributed by atoms with Crippen LogP contribution in [0.15, 0.2) is 0 Å². The number of ether oxygens (including phenoxy) is 1. The maximum Gasteiger partial charge on any atom is 0.0610 e. The number of hydrogen-bond donors (Lipinski definition) is 2. The second-order valence-electron chi connectivity index (χ2n) is 5.22. The van der Waals surface area contributed by atoms with Gasteiger partial charge in [-0.3, -0.25) is 0 Å². The van der Waals surface area contributed by atoms with Gasteiger partial charge in [-0.25, -0.2) is 0 Å². The second-order valence-corrected chi connectivity index (χ2v) is 5.22. The molecule has 98 valence electrons. The normalized spacial score (nSPS) is 15.4. The number of aliphatic hydroxyl groups is 1. The van der Waals surface area contributed by atoms with Crippen LogP contribution in [0.2, 0.25) is 0 Å². The average molecular weight is 231 g/mol. The summed E-state index contributed by atoms with van der Waals surface area (Å²) in [6, 6.07) is 0. The number of hydrogen-bond acceptors (Lipinski definition) is 3. The van der Waals surface area contributed by atoms with E-state index in [9.17, 15) is 5.11 Å². The summed E-state index contributed by atoms with van der Waals surface area (Å²) in [5, 5.41) is 12.3. The van der Waals surface area contributed by atoms with Crippen LogP contribution in [0.1, 0.15) is 46.5 Å². The minimum Gasteiger partial charge on any atom is -0.394 e. The fourth-order valence-corrected chi connectivity index (χ4v) is 1.42. The summed E-state index contributed by atoms with van der Waals surface area (Å²) in [6.07, 6.45) is 4.31. The van der Waals surface area contributed by atoms with Crippen molar-refractivity contribution in [3.63, 3.8) is 0 Å². The summed E-state index contributed by atoms with van der Waals surface area (Å²) in [5.74, 6) is 0.724. The van der Waals surface area contributed by atoms with Crippen molar-refractivity contribution in [3.8, 4) is 0 Å². The van der Waals surface area contributed by atoms with Crippen LogP contribution in [0.4, 0.5) is 0 Å². The van der Waals surface area contributed by atoms with Crippen molar-refractivity contribution in [1.29, 1.82) is 0 Å². The SMILES string of the molecule is CNC(C)(CO)CCCCOCCC(C)C. The summed E-state index contributed by atoms with van der Waals surface area (Å²) in [4.78, 5) is 0. The standard InChI is InChI=1S/C13H29NO2/c1-12(2)7-10-16-9-6-5-8-13(3,11-15)14-4/h12,14-15H,5-11H2,1-4H3. The van der Waals surface area contributed by atoms with Gasteiger partial charge in [0.2, 0.25) is 0 Å². The van der Waals surface area contributed by atoms with E-state index >= 15 is 0 Å². The summed E-state index contributed by atoms with van der Waals surface area (Å²) >= 11 is 0. The maximum atomic E-state index is 9.19. The number of likely N-dealkylation sites (N-methyl/N-ethyl adjacent to an activating group) is 1. The summed E-state index contributed by atoms with van der Waals surface area (Å²) in [5.41, 5.74) is -0.127. The van der Waals surface area contributed by atoms with Crippen molar-refractivity contribution in [3.05, 3.63) is 0 Å². The molecule has 0 saturated heterocycles. The van der Waals surface area contributed by atoms with Gasteiger partial charge >= 0.3 is 0 Å². The molecular weight excluding hydrogens is 202 g/mol. The van der Waals surface area contributed by atoms with Gasteiger partial charge in [0, 0.05) is 18.8 Å². The summed E-state index contributed by atoms with van der Waals surface area (Å²) < 4.78 is 5.54. The van der Waals surface area contributed by atoms with Crippen molar-refractivity contribution < 1.29 is 9.84 Å². The Labute approximate surface area is 101 Å². The highest BCUT2D eigenvalue weighted by atomic mass is 16.5. The maximum absolute atomic E-state index is 9.19. The molecule has 0 aliphatic heterocycles. The van der Waals surface area contributed by atoms with Gasteiger partial charge in [-0.05, 0) is 45.6 Å². The highest BCUT2D eigenvalue weighted by Gasteiger charge is 2.19. The zero-order valence-corrected chi connectivity index (χ0v) is 11.4. The lowest BCUT2D eigenvalue weighted by atomic mass is 9.96. The fourth-order valence-electron chi connectivity index (χ4n) is 1.42. The van der Waals surface area contributed by atoms with Gasteiger partial charge in [0.1, 0.15) is 0 Å². The quantitative estimate of drug-likeness (QED) is 0.566. The third kappa shape index (κ3) is 8.08. The molecule has 0 amide bonds. The molecule has 3 heteroatoms. The monoisotopic (exact) mass is 231 g/mol. The predicted octanol–water partition coefficient (Wildman–Crippen LogP) is 2.19. The van der Waals surface area contributed by atoms with E-state index in [0.717, 1.165) is 44.8 Å². The van der Waals surface area contributed by atoms with Crippen LogP contribution < -0.4 is 5.32 Å². The van der Waals surface area contributed by atoms with Crippen LogP contribution in [0.25, 0.3) is 0 Å². The predicted molar refractivity (Wildman–Crippen MR) is 68.7 cm³/mol. The summed E-state index contributed by atoms with van der Waals surface area (Å²) in [6.45, 7) is 8.38. The van der Waals surface area contributed by atoms with Gasteiger partial charge in [-0.2, -0.15) is 0 Å². The Kier molecular flexibility index (Phi) is 8.90. The Morgan fingerprint density at radius 1 is 1.25 bits per heavy atom. The number of rotatable bonds is 10. The molecule has 0 aromatic carbocycles. The molecular formula is C13H29NO2. The Bertz CT molecular complexity index is 156. The fraction of sp³-hybridized carbons (Fsp3) is 1.00. The Balaban J connectivity index is 3.33. The number of unbranched alkanes of at least 4 members (excludes halogenated alkanes) is 1. The van der Waals surface area contributed by atoms with Crippen molar-refractivity contribution in [2.45, 2.75) is 52.0 Å². The number of nitrogens with one attached hydrogen (secondary N) is 1. The first-order valence-corrected chi connectivity index (χ1v) is 6.41. The highest BCUT2D eigenvalue weighted by molar-refractivity contribution is 4.79. The lowest BCUT2D eigenvalue weighted by Gasteiger charge is -2.26. The van der Waals surface area contributed by atoms with E-state index in [-0.39, 0.29) is 12.1 Å². The molecule has 0 aliphatic rings. The third-order valence-corrected chi connectivity index (χ3v) is 3.06. The smallest absolute Gasteiger partial charge is 0.0610 e. The van der Waals surface area contributed by atoms with E-state index < -0.39 is 0 Å². The van der Waals surface area contributed by atoms with E-state index in [0.29, 0.717) is 0 Å². The van der Waals surface area contributed by atoms with Crippen LogP contribution in [0, 0.1) is 5.92 Å². The second kappa shape index (κ2) is 8.97. The van der Waals surface area contributed by atoms with Crippen LogP contribution in [0.3, 0.4) is 0 Å². The lowest BCUT2D eigenvalue weighted by Crippen LogP contribution is -2.43. The first-order chi connectivity index (χ1) is 7.54. The molecule has 0 aromatic heterocycles. The highest BCUT2D eigenvalue weighted by Crippen LogP contribution is 2.12. The van der Waals surface area contributed by atoms with Gasteiger partial charge in [-0.15, -0.1) is 0 Å². The van der Waals surface area contributed by atoms with Gasteiger partial charge in [0.15, 0.2) is 0 Å². The molecule has 0 fully saturated rings. The molecule has 0 heterocycles. The third-order valence-electron chi connectivity index (χ3n) is 3.06. The molecule has 0 bridgehead atoms. The molecule has 0 radical (unpaired) electrons. The Morgan fingerprint density at radius 2 is 1.94 bits per heavy atom. The molecule has 1 atom stereocenters. The van der Waals surface area contributed by atoms with Crippen LogP contribution in [-0.2, 0) is 4.74 Å². The van der Waals surface area contributed by atoms with E-state index in [1.165, 1.54) is 0 Å². The minimum absolute atomic E-state index is 0.127. The van der Waals surface area contributed by atoms with Crippen LogP contribution in [-0.4, -0.2) is 37.5 Å². The van der Waals surface area contributed by atoms with Crippen molar-refractivity contribution in [2.24, 2.45) is 5.92 Å². The Morgan fingerprint density at radius 3 is 2.44 bits per heavy atom. The Hall–Kier alpha value is -0.120. The molecule has 0 aromatic rings. The van der Waals surface area contributed by atoms with E-state index in [2.05, 4.69) is 19.2 Å². The molecule has 0 rings (SSSR count). The van der Waals surface area contributed by atoms with Gasteiger partial charge in [-0.1, -0.05) is 13.8 Å². The molecule has 3 nitrogen and oxygen atoms in total. The van der Waals surface area contributed by atoms with E-state index in [1.807, 2.05) is 14.0 Å². The number of aliphatic hydroxyl groups excluding tert-OH is 1. The minimum atomic E-state index is -0.127. The van der Waals surface area contributed by atoms with Crippen molar-refractivity contribution in [1.82, 2.24) is 5.32 Å². The van der Waals surface area contributed by atoms with Crippen LogP contribution >= 0.6 is 0 Å². The van der Waals surface area contributed by atoms with Crippen molar-refractivity contribution in [2.75, 3.05) is 26.9 Å². The van der Waals surface area contributed by atoms with Crippen LogP contribution in [0.5, 0.6) is 0 Å². The molecule has 0 aliphatic carbocycles.